The number of aromatic amines is 1. The molecule has 0 radical (unpaired) electrons. The highest BCUT2D eigenvalue weighted by atomic mass is 32.2. The van der Waals surface area contributed by atoms with Crippen LogP contribution in [0.1, 0.15) is 12.8 Å². The molecule has 1 atom stereocenters. The van der Waals surface area contributed by atoms with Crippen LogP contribution in [-0.2, 0) is 16.1 Å². The summed E-state index contributed by atoms with van der Waals surface area (Å²) >= 11 is 1.20. The number of aromatic nitrogens is 3. The van der Waals surface area contributed by atoms with Crippen LogP contribution in [0.4, 0.5) is 5.69 Å². The number of anilines is 1. The number of thioether (sulfide) groups is 1. The van der Waals surface area contributed by atoms with Gasteiger partial charge in [-0.2, -0.15) is 0 Å². The molecule has 1 aromatic carbocycles. The van der Waals surface area contributed by atoms with Gasteiger partial charge >= 0.3 is 5.69 Å². The number of amides is 1. The number of H-pyrrole nitrogens is 1. The smallest absolute Gasteiger partial charge is 0.344 e. The van der Waals surface area contributed by atoms with Gasteiger partial charge in [0.2, 0.25) is 5.91 Å². The standard InChI is InChI=1S/C17H20N4O5S/c22-15(18-11-3-4-13-14(8-11)26-7-6-25-13)10-27-17-20-19-16(23)21(17)9-12-2-1-5-24-12/h3-4,8,12H,1-2,5-7,9-10H2,(H,18,22)(H,19,23)/t12-/m1/s1. The molecular formula is C17H20N4O5S. The summed E-state index contributed by atoms with van der Waals surface area (Å²) in [4.78, 5) is 24.2. The number of nitrogens with zero attached hydrogens (tertiary/aromatic N) is 2. The summed E-state index contributed by atoms with van der Waals surface area (Å²) in [7, 11) is 0. The van der Waals surface area contributed by atoms with Crippen molar-refractivity contribution in [1.82, 2.24) is 14.8 Å². The van der Waals surface area contributed by atoms with E-state index in [1.807, 2.05) is 0 Å². The molecule has 0 aliphatic carbocycles. The molecule has 0 bridgehead atoms. The van der Waals surface area contributed by atoms with E-state index >= 15 is 0 Å². The van der Waals surface area contributed by atoms with Crippen LogP contribution in [0, 0.1) is 0 Å². The Hall–Kier alpha value is -2.46. The predicted molar refractivity (Wildman–Crippen MR) is 98.6 cm³/mol. The van der Waals surface area contributed by atoms with Gasteiger partial charge in [0.05, 0.1) is 18.4 Å². The first kappa shape index (κ1) is 17.9. The first-order valence-corrected chi connectivity index (χ1v) is 9.77. The Balaban J connectivity index is 1.35. The van der Waals surface area contributed by atoms with Gasteiger partial charge in [-0.3, -0.25) is 9.36 Å². The lowest BCUT2D eigenvalue weighted by Crippen LogP contribution is -2.25. The molecule has 2 aliphatic heterocycles. The second-order valence-corrected chi connectivity index (χ2v) is 7.19. The number of fused-ring (bicyclic) bond motifs is 1. The number of carbonyl (C=O) groups is 1. The number of rotatable bonds is 6. The summed E-state index contributed by atoms with van der Waals surface area (Å²) in [5, 5.41) is 9.74. The van der Waals surface area contributed by atoms with Gasteiger partial charge in [0, 0.05) is 18.4 Å². The van der Waals surface area contributed by atoms with Crippen LogP contribution in [-0.4, -0.2) is 52.3 Å². The van der Waals surface area contributed by atoms with Gasteiger partial charge in [0.15, 0.2) is 16.7 Å². The zero-order valence-electron chi connectivity index (χ0n) is 14.6. The molecule has 1 fully saturated rings. The summed E-state index contributed by atoms with van der Waals surface area (Å²) in [6, 6.07) is 5.27. The summed E-state index contributed by atoms with van der Waals surface area (Å²) in [5.41, 5.74) is 0.337. The van der Waals surface area contributed by atoms with Crippen molar-refractivity contribution < 1.29 is 19.0 Å². The number of hydrogen-bond donors (Lipinski definition) is 2. The summed E-state index contributed by atoms with van der Waals surface area (Å²) in [6.45, 7) is 2.17. The van der Waals surface area contributed by atoms with E-state index in [2.05, 4.69) is 15.5 Å². The van der Waals surface area contributed by atoms with Crippen molar-refractivity contribution in [2.75, 3.05) is 30.9 Å². The van der Waals surface area contributed by atoms with Crippen molar-refractivity contribution >= 4 is 23.4 Å². The molecular weight excluding hydrogens is 372 g/mol. The molecule has 0 saturated carbocycles. The number of benzene rings is 1. The second-order valence-electron chi connectivity index (χ2n) is 6.25. The van der Waals surface area contributed by atoms with Crippen molar-refractivity contribution in [2.24, 2.45) is 0 Å². The molecule has 2 aliphatic rings. The minimum absolute atomic E-state index is 0.0196. The predicted octanol–water partition coefficient (Wildman–Crippen LogP) is 1.25. The highest BCUT2D eigenvalue weighted by molar-refractivity contribution is 7.99. The van der Waals surface area contributed by atoms with E-state index < -0.39 is 0 Å². The molecule has 0 spiro atoms. The maximum absolute atomic E-state index is 12.3. The van der Waals surface area contributed by atoms with E-state index in [0.717, 1.165) is 19.4 Å². The first-order chi connectivity index (χ1) is 13.2. The minimum Gasteiger partial charge on any atom is -0.486 e. The molecule has 144 valence electrons. The van der Waals surface area contributed by atoms with Crippen LogP contribution in [0.25, 0.3) is 0 Å². The highest BCUT2D eigenvalue weighted by Gasteiger charge is 2.20. The molecule has 2 N–H and O–H groups in total. The third kappa shape index (κ3) is 4.28. The lowest BCUT2D eigenvalue weighted by Gasteiger charge is -2.19. The highest BCUT2D eigenvalue weighted by Crippen LogP contribution is 2.32. The average Bonchev–Trinajstić information content (AvgIpc) is 3.31. The van der Waals surface area contributed by atoms with Gasteiger partial charge < -0.3 is 19.5 Å². The zero-order chi connectivity index (χ0) is 18.6. The Bertz CT molecular complexity index is 874. The van der Waals surface area contributed by atoms with Gasteiger partial charge in [0.1, 0.15) is 13.2 Å². The normalized spacial score (nSPS) is 18.4. The summed E-state index contributed by atoms with van der Waals surface area (Å²) in [5.74, 6) is 1.22. The van der Waals surface area contributed by atoms with Gasteiger partial charge in [-0.25, -0.2) is 9.89 Å². The molecule has 1 saturated heterocycles. The van der Waals surface area contributed by atoms with Crippen LogP contribution in [0.2, 0.25) is 0 Å². The first-order valence-electron chi connectivity index (χ1n) is 8.78. The summed E-state index contributed by atoms with van der Waals surface area (Å²) in [6.07, 6.45) is 1.94. The Morgan fingerprint density at radius 3 is 2.96 bits per heavy atom. The van der Waals surface area contributed by atoms with E-state index in [1.165, 1.54) is 16.3 Å². The van der Waals surface area contributed by atoms with Gasteiger partial charge in [-0.1, -0.05) is 11.8 Å². The Kier molecular flexibility index (Phi) is 5.35. The Labute approximate surface area is 159 Å². The van der Waals surface area contributed by atoms with Crippen molar-refractivity contribution in [1.29, 1.82) is 0 Å². The SMILES string of the molecule is O=C(CSc1n[nH]c(=O)n1C[C@H]1CCCO1)Nc1ccc2c(c1)OCCO2. The van der Waals surface area contributed by atoms with E-state index in [9.17, 15) is 9.59 Å². The molecule has 1 aromatic heterocycles. The van der Waals surface area contributed by atoms with Gasteiger partial charge in [-0.15, -0.1) is 5.10 Å². The van der Waals surface area contributed by atoms with Gasteiger partial charge in [-0.05, 0) is 25.0 Å². The van der Waals surface area contributed by atoms with E-state index in [-0.39, 0.29) is 23.5 Å². The van der Waals surface area contributed by atoms with Crippen LogP contribution in [0.15, 0.2) is 28.2 Å². The number of carbonyl (C=O) groups excluding carboxylic acids is 1. The maximum atomic E-state index is 12.3. The molecule has 0 unspecified atom stereocenters. The second kappa shape index (κ2) is 8.05. The molecule has 1 amide bonds. The van der Waals surface area contributed by atoms with Crippen molar-refractivity contribution in [2.45, 2.75) is 30.6 Å². The fourth-order valence-electron chi connectivity index (χ4n) is 3.01. The third-order valence-electron chi connectivity index (χ3n) is 4.29. The molecule has 2 aromatic rings. The quantitative estimate of drug-likeness (QED) is 0.713. The zero-order valence-corrected chi connectivity index (χ0v) is 15.4. The largest absolute Gasteiger partial charge is 0.486 e. The van der Waals surface area contributed by atoms with Crippen molar-refractivity contribution in [3.8, 4) is 11.5 Å². The van der Waals surface area contributed by atoms with Crippen LogP contribution in [0.5, 0.6) is 11.5 Å². The van der Waals surface area contributed by atoms with Crippen molar-refractivity contribution in [3.05, 3.63) is 28.7 Å². The topological polar surface area (TPSA) is 107 Å². The van der Waals surface area contributed by atoms with E-state index in [1.54, 1.807) is 18.2 Å². The average molecular weight is 392 g/mol. The fourth-order valence-corrected chi connectivity index (χ4v) is 3.77. The number of ether oxygens (including phenoxy) is 3. The minimum atomic E-state index is -0.291. The lowest BCUT2D eigenvalue weighted by atomic mass is 10.2. The number of hydrogen-bond acceptors (Lipinski definition) is 7. The molecule has 4 rings (SSSR count). The fraction of sp³-hybridized carbons (Fsp3) is 0.471. The monoisotopic (exact) mass is 392 g/mol. The Morgan fingerprint density at radius 1 is 1.30 bits per heavy atom. The van der Waals surface area contributed by atoms with E-state index in [0.29, 0.717) is 42.1 Å². The molecule has 10 heteroatoms. The van der Waals surface area contributed by atoms with Crippen LogP contribution >= 0.6 is 11.8 Å². The third-order valence-corrected chi connectivity index (χ3v) is 5.27. The van der Waals surface area contributed by atoms with Crippen LogP contribution in [0.3, 0.4) is 0 Å². The maximum Gasteiger partial charge on any atom is 0.344 e. The summed E-state index contributed by atoms with van der Waals surface area (Å²) < 4.78 is 18.1. The Morgan fingerprint density at radius 2 is 2.15 bits per heavy atom. The van der Waals surface area contributed by atoms with E-state index in [4.69, 9.17) is 14.2 Å². The molecule has 9 nitrogen and oxygen atoms in total. The van der Waals surface area contributed by atoms with Crippen molar-refractivity contribution in [3.63, 3.8) is 0 Å². The molecule has 3 heterocycles. The number of nitrogens with one attached hydrogen (secondary N) is 2. The van der Waals surface area contributed by atoms with Crippen LogP contribution < -0.4 is 20.5 Å². The van der Waals surface area contributed by atoms with Gasteiger partial charge in [0.25, 0.3) is 0 Å². The molecule has 27 heavy (non-hydrogen) atoms. The lowest BCUT2D eigenvalue weighted by molar-refractivity contribution is -0.113.